The normalized spacial score (nSPS) is 11.6. The summed E-state index contributed by atoms with van der Waals surface area (Å²) in [5.41, 5.74) is 10.6. The Hall–Kier alpha value is -1.10. The molecule has 0 rings (SSSR count). The molecule has 0 aromatic heterocycles. The number of carbonyl (C=O) groups is 2. The molecule has 0 saturated heterocycles. The summed E-state index contributed by atoms with van der Waals surface area (Å²) in [7, 11) is 0. The van der Waals surface area contributed by atoms with Crippen LogP contribution in [0.2, 0.25) is 0 Å². The van der Waals surface area contributed by atoms with E-state index >= 15 is 0 Å². The van der Waals surface area contributed by atoms with Gasteiger partial charge in [-0.05, 0) is 26.2 Å². The molecule has 100 valence electrons. The summed E-state index contributed by atoms with van der Waals surface area (Å²) >= 11 is 0. The van der Waals surface area contributed by atoms with Crippen molar-refractivity contribution in [3.05, 3.63) is 0 Å². The Labute approximate surface area is 104 Å². The summed E-state index contributed by atoms with van der Waals surface area (Å²) in [5.74, 6) is -0.230. The lowest BCUT2D eigenvalue weighted by molar-refractivity contribution is -0.136. The molecule has 0 spiro atoms. The summed E-state index contributed by atoms with van der Waals surface area (Å²) in [6, 6.07) is 0. The van der Waals surface area contributed by atoms with Crippen LogP contribution >= 0.6 is 0 Å². The van der Waals surface area contributed by atoms with Crippen LogP contribution < -0.4 is 11.5 Å². The molecule has 0 radical (unpaired) electrons. The molecule has 2 amide bonds. The maximum absolute atomic E-state index is 11.9. The third kappa shape index (κ3) is 8.68. The number of primary amides is 1. The molecule has 5 nitrogen and oxygen atoms in total. The van der Waals surface area contributed by atoms with Crippen LogP contribution in [0.15, 0.2) is 0 Å². The molecule has 0 heterocycles. The van der Waals surface area contributed by atoms with Gasteiger partial charge in [-0.1, -0.05) is 13.8 Å². The Morgan fingerprint density at radius 1 is 1.29 bits per heavy atom. The van der Waals surface area contributed by atoms with Crippen LogP contribution in [0, 0.1) is 5.92 Å². The number of hydrogen-bond donors (Lipinski definition) is 2. The van der Waals surface area contributed by atoms with E-state index in [0.29, 0.717) is 25.3 Å². The van der Waals surface area contributed by atoms with E-state index in [1.807, 2.05) is 27.7 Å². The second kappa shape index (κ2) is 6.59. The molecule has 0 aromatic carbocycles. The van der Waals surface area contributed by atoms with Crippen molar-refractivity contribution in [2.75, 3.05) is 13.1 Å². The van der Waals surface area contributed by atoms with Gasteiger partial charge in [0.15, 0.2) is 0 Å². The summed E-state index contributed by atoms with van der Waals surface area (Å²) < 4.78 is 0. The predicted octanol–water partition coefficient (Wildman–Crippen LogP) is 0.474. The van der Waals surface area contributed by atoms with Crippen LogP contribution in [-0.4, -0.2) is 35.3 Å². The Morgan fingerprint density at radius 2 is 1.82 bits per heavy atom. The van der Waals surface area contributed by atoms with E-state index in [0.717, 1.165) is 0 Å². The summed E-state index contributed by atoms with van der Waals surface area (Å²) in [6.45, 7) is 8.28. The van der Waals surface area contributed by atoms with E-state index in [1.165, 1.54) is 4.90 Å². The Balaban J connectivity index is 4.37. The summed E-state index contributed by atoms with van der Waals surface area (Å²) in [6.07, 6.45) is 0.947. The van der Waals surface area contributed by atoms with Crippen molar-refractivity contribution in [3.63, 3.8) is 0 Å². The highest BCUT2D eigenvalue weighted by molar-refractivity contribution is 5.83. The van der Waals surface area contributed by atoms with Gasteiger partial charge in [-0.15, -0.1) is 0 Å². The Bertz CT molecular complexity index is 269. The van der Waals surface area contributed by atoms with Gasteiger partial charge in [0.2, 0.25) is 11.8 Å². The quantitative estimate of drug-likeness (QED) is 0.681. The fraction of sp³-hybridized carbons (Fsp3) is 0.833. The fourth-order valence-electron chi connectivity index (χ4n) is 1.47. The lowest BCUT2D eigenvalue weighted by Gasteiger charge is -2.25. The van der Waals surface area contributed by atoms with E-state index < -0.39 is 5.91 Å². The highest BCUT2D eigenvalue weighted by Gasteiger charge is 2.19. The largest absolute Gasteiger partial charge is 0.368 e. The average molecular weight is 243 g/mol. The lowest BCUT2D eigenvalue weighted by Crippen LogP contribution is -2.42. The van der Waals surface area contributed by atoms with Crippen molar-refractivity contribution in [3.8, 4) is 0 Å². The van der Waals surface area contributed by atoms with Crippen LogP contribution in [0.5, 0.6) is 0 Å². The van der Waals surface area contributed by atoms with Gasteiger partial charge in [-0.25, -0.2) is 0 Å². The highest BCUT2D eigenvalue weighted by atomic mass is 16.2. The third-order valence-corrected chi connectivity index (χ3v) is 2.27. The maximum atomic E-state index is 11.9. The van der Waals surface area contributed by atoms with Gasteiger partial charge in [0, 0.05) is 18.5 Å². The summed E-state index contributed by atoms with van der Waals surface area (Å²) in [4.78, 5) is 24.3. The van der Waals surface area contributed by atoms with Crippen molar-refractivity contribution >= 4 is 11.8 Å². The molecule has 0 aliphatic rings. The van der Waals surface area contributed by atoms with Crippen molar-refractivity contribution in [1.29, 1.82) is 0 Å². The highest BCUT2D eigenvalue weighted by Crippen LogP contribution is 2.10. The van der Waals surface area contributed by atoms with Crippen LogP contribution in [0.1, 0.15) is 40.5 Å². The van der Waals surface area contributed by atoms with Gasteiger partial charge >= 0.3 is 0 Å². The molecule has 0 bridgehead atoms. The smallest absolute Gasteiger partial charge is 0.237 e. The number of rotatable bonds is 7. The van der Waals surface area contributed by atoms with Crippen LogP contribution in [0.4, 0.5) is 0 Å². The molecule has 4 N–H and O–H groups in total. The van der Waals surface area contributed by atoms with Crippen molar-refractivity contribution in [1.82, 2.24) is 4.90 Å². The SMILES string of the molecule is CC(C)CN(CC(N)=O)C(=O)CCC(C)(C)N. The van der Waals surface area contributed by atoms with Crippen LogP contribution in [0.25, 0.3) is 0 Å². The van der Waals surface area contributed by atoms with Crippen LogP contribution in [0.3, 0.4) is 0 Å². The monoisotopic (exact) mass is 243 g/mol. The van der Waals surface area contributed by atoms with Gasteiger partial charge < -0.3 is 16.4 Å². The number of carbonyl (C=O) groups excluding carboxylic acids is 2. The van der Waals surface area contributed by atoms with Crippen LogP contribution in [-0.2, 0) is 9.59 Å². The minimum Gasteiger partial charge on any atom is -0.368 e. The van der Waals surface area contributed by atoms with E-state index in [-0.39, 0.29) is 18.0 Å². The van der Waals surface area contributed by atoms with E-state index in [4.69, 9.17) is 11.5 Å². The minimum absolute atomic E-state index is 0.0119. The van der Waals surface area contributed by atoms with Crippen molar-refractivity contribution < 1.29 is 9.59 Å². The standard InChI is InChI=1S/C12H25N3O2/c1-9(2)7-15(8-10(13)16)11(17)5-6-12(3,4)14/h9H,5-8,14H2,1-4H3,(H2,13,16). The fourth-order valence-corrected chi connectivity index (χ4v) is 1.47. The van der Waals surface area contributed by atoms with Crippen molar-refractivity contribution in [2.45, 2.75) is 46.1 Å². The van der Waals surface area contributed by atoms with Gasteiger partial charge in [-0.2, -0.15) is 0 Å². The molecular weight excluding hydrogens is 218 g/mol. The molecule has 0 aliphatic carbocycles. The topological polar surface area (TPSA) is 89.4 Å². The van der Waals surface area contributed by atoms with E-state index in [2.05, 4.69) is 0 Å². The maximum Gasteiger partial charge on any atom is 0.237 e. The first-order valence-corrected chi connectivity index (χ1v) is 5.97. The number of hydrogen-bond acceptors (Lipinski definition) is 3. The average Bonchev–Trinajstić information content (AvgIpc) is 2.10. The lowest BCUT2D eigenvalue weighted by atomic mass is 9.99. The molecule has 0 saturated carbocycles. The van der Waals surface area contributed by atoms with Gasteiger partial charge in [-0.3, -0.25) is 9.59 Å². The number of nitrogens with zero attached hydrogens (tertiary/aromatic N) is 1. The Morgan fingerprint density at radius 3 is 2.18 bits per heavy atom. The first kappa shape index (κ1) is 15.9. The zero-order valence-electron chi connectivity index (χ0n) is 11.3. The van der Waals surface area contributed by atoms with Gasteiger partial charge in [0.1, 0.15) is 0 Å². The predicted molar refractivity (Wildman–Crippen MR) is 68.1 cm³/mol. The molecule has 0 aliphatic heterocycles. The zero-order chi connectivity index (χ0) is 13.6. The number of nitrogens with two attached hydrogens (primary N) is 2. The first-order valence-electron chi connectivity index (χ1n) is 5.97. The molecule has 0 unspecified atom stereocenters. The number of amides is 2. The molecule has 0 atom stereocenters. The zero-order valence-corrected chi connectivity index (χ0v) is 11.3. The molecule has 5 heteroatoms. The van der Waals surface area contributed by atoms with Gasteiger partial charge in [0.05, 0.1) is 6.54 Å². The van der Waals surface area contributed by atoms with Gasteiger partial charge in [0.25, 0.3) is 0 Å². The minimum atomic E-state index is -0.481. The second-order valence-corrected chi connectivity index (χ2v) is 5.62. The second-order valence-electron chi connectivity index (χ2n) is 5.62. The molecule has 0 fully saturated rings. The van der Waals surface area contributed by atoms with E-state index in [1.54, 1.807) is 0 Å². The molecule has 0 aromatic rings. The van der Waals surface area contributed by atoms with E-state index in [9.17, 15) is 9.59 Å². The third-order valence-electron chi connectivity index (χ3n) is 2.27. The molecular formula is C12H25N3O2. The van der Waals surface area contributed by atoms with Crippen molar-refractivity contribution in [2.24, 2.45) is 17.4 Å². The Kier molecular flexibility index (Phi) is 6.16. The molecule has 17 heavy (non-hydrogen) atoms. The first-order chi connectivity index (χ1) is 7.61. The summed E-state index contributed by atoms with van der Waals surface area (Å²) in [5, 5.41) is 0.